The third-order valence-corrected chi connectivity index (χ3v) is 4.87. The molecule has 2 aromatic carbocycles. The van der Waals surface area contributed by atoms with E-state index in [9.17, 15) is 4.79 Å². The second kappa shape index (κ2) is 5.85. The fourth-order valence-corrected chi connectivity index (χ4v) is 3.65. The molecule has 1 aliphatic heterocycles. The lowest BCUT2D eigenvalue weighted by molar-refractivity contribution is 0.0729. The summed E-state index contributed by atoms with van der Waals surface area (Å²) in [6, 6.07) is 24.2. The van der Waals surface area contributed by atoms with E-state index < -0.39 is 0 Å². The van der Waals surface area contributed by atoms with Crippen LogP contribution in [0.1, 0.15) is 21.6 Å². The van der Waals surface area contributed by atoms with Crippen molar-refractivity contribution < 1.29 is 4.79 Å². The molecule has 0 saturated heterocycles. The van der Waals surface area contributed by atoms with Crippen molar-refractivity contribution in [2.45, 2.75) is 13.1 Å². The topological polar surface area (TPSA) is 37.6 Å². The zero-order valence-electron chi connectivity index (χ0n) is 14.2. The van der Waals surface area contributed by atoms with Crippen molar-refractivity contribution in [1.82, 2.24) is 14.3 Å². The molecule has 0 aliphatic carbocycles. The van der Waals surface area contributed by atoms with Gasteiger partial charge >= 0.3 is 0 Å². The molecule has 3 heterocycles. The van der Waals surface area contributed by atoms with Crippen molar-refractivity contribution in [2.75, 3.05) is 0 Å². The number of carbonyl (C=O) groups excluding carboxylic acids is 1. The highest BCUT2D eigenvalue weighted by molar-refractivity contribution is 6.01. The summed E-state index contributed by atoms with van der Waals surface area (Å²) in [5, 5.41) is 0. The van der Waals surface area contributed by atoms with Gasteiger partial charge in [-0.15, -0.1) is 0 Å². The zero-order valence-corrected chi connectivity index (χ0v) is 14.2. The molecule has 5 rings (SSSR count). The van der Waals surface area contributed by atoms with Crippen molar-refractivity contribution in [2.24, 2.45) is 0 Å². The Morgan fingerprint density at radius 3 is 2.54 bits per heavy atom. The SMILES string of the molecule is O=C1c2nc3ccccn3c2-c2ccccc2CN1Cc1ccccc1. The molecule has 26 heavy (non-hydrogen) atoms. The summed E-state index contributed by atoms with van der Waals surface area (Å²) in [5.41, 5.74) is 5.54. The van der Waals surface area contributed by atoms with Crippen LogP contribution in [0.2, 0.25) is 0 Å². The fraction of sp³-hybridized carbons (Fsp3) is 0.0909. The van der Waals surface area contributed by atoms with Gasteiger partial charge in [-0.05, 0) is 23.3 Å². The van der Waals surface area contributed by atoms with E-state index in [1.54, 1.807) is 0 Å². The molecule has 4 nitrogen and oxygen atoms in total. The summed E-state index contributed by atoms with van der Waals surface area (Å²) in [5.74, 6) is -0.0243. The molecule has 0 fully saturated rings. The first-order chi connectivity index (χ1) is 12.8. The monoisotopic (exact) mass is 339 g/mol. The molecule has 0 bridgehead atoms. The Morgan fingerprint density at radius 1 is 0.885 bits per heavy atom. The minimum atomic E-state index is -0.0243. The number of aromatic nitrogens is 2. The van der Waals surface area contributed by atoms with Crippen molar-refractivity contribution in [1.29, 1.82) is 0 Å². The number of amides is 1. The van der Waals surface area contributed by atoms with Crippen LogP contribution in [0.15, 0.2) is 79.0 Å². The first-order valence-corrected chi connectivity index (χ1v) is 8.70. The highest BCUT2D eigenvalue weighted by Crippen LogP contribution is 2.33. The molecule has 0 N–H and O–H groups in total. The van der Waals surface area contributed by atoms with Gasteiger partial charge in [-0.25, -0.2) is 4.98 Å². The minimum absolute atomic E-state index is 0.0243. The van der Waals surface area contributed by atoms with Crippen LogP contribution in [0.4, 0.5) is 0 Å². The predicted octanol–water partition coefficient (Wildman–Crippen LogP) is 4.16. The third kappa shape index (κ3) is 2.30. The number of nitrogens with zero attached hydrogens (tertiary/aromatic N) is 3. The van der Waals surface area contributed by atoms with Gasteiger partial charge in [0.15, 0.2) is 5.69 Å². The number of hydrogen-bond acceptors (Lipinski definition) is 2. The summed E-state index contributed by atoms with van der Waals surface area (Å²) in [4.78, 5) is 19.9. The van der Waals surface area contributed by atoms with Gasteiger partial charge in [0, 0.05) is 24.8 Å². The van der Waals surface area contributed by atoms with Crippen molar-refractivity contribution in [3.63, 3.8) is 0 Å². The Bertz CT molecular complexity index is 1110. The van der Waals surface area contributed by atoms with Gasteiger partial charge in [0.25, 0.3) is 5.91 Å². The van der Waals surface area contributed by atoms with Gasteiger partial charge in [-0.3, -0.25) is 9.20 Å². The molecule has 0 saturated carbocycles. The van der Waals surface area contributed by atoms with Crippen LogP contribution in [0.3, 0.4) is 0 Å². The van der Waals surface area contributed by atoms with Crippen LogP contribution in [0.25, 0.3) is 16.9 Å². The Morgan fingerprint density at radius 2 is 1.65 bits per heavy atom. The van der Waals surface area contributed by atoms with E-state index in [0.717, 1.165) is 28.0 Å². The van der Waals surface area contributed by atoms with Gasteiger partial charge in [0.1, 0.15) is 5.65 Å². The zero-order chi connectivity index (χ0) is 17.5. The van der Waals surface area contributed by atoms with E-state index in [-0.39, 0.29) is 5.91 Å². The molecule has 1 aliphatic rings. The summed E-state index contributed by atoms with van der Waals surface area (Å²) in [6.45, 7) is 1.15. The molecule has 2 aromatic heterocycles. The average Bonchev–Trinajstić information content (AvgIpc) is 3.03. The van der Waals surface area contributed by atoms with E-state index in [1.165, 1.54) is 0 Å². The fourth-order valence-electron chi connectivity index (χ4n) is 3.65. The van der Waals surface area contributed by atoms with Gasteiger partial charge in [-0.1, -0.05) is 60.7 Å². The molecule has 4 heteroatoms. The maximum atomic E-state index is 13.3. The van der Waals surface area contributed by atoms with Crippen molar-refractivity contribution in [3.8, 4) is 11.3 Å². The van der Waals surface area contributed by atoms with E-state index in [1.807, 2.05) is 64.0 Å². The smallest absolute Gasteiger partial charge is 0.275 e. The Labute approximate surface area is 151 Å². The van der Waals surface area contributed by atoms with E-state index in [2.05, 4.69) is 29.2 Å². The predicted molar refractivity (Wildman–Crippen MR) is 101 cm³/mol. The van der Waals surface area contributed by atoms with Crippen LogP contribution in [0.5, 0.6) is 0 Å². The van der Waals surface area contributed by atoms with Crippen LogP contribution in [0, 0.1) is 0 Å². The Balaban J connectivity index is 1.71. The second-order valence-corrected chi connectivity index (χ2v) is 6.54. The largest absolute Gasteiger partial charge is 0.329 e. The number of fused-ring (bicyclic) bond motifs is 5. The summed E-state index contributed by atoms with van der Waals surface area (Å²) < 4.78 is 2.01. The average molecular weight is 339 g/mol. The standard InChI is InChI=1S/C22H17N3O/c26-22-20-21(25-13-7-6-12-19(25)23-20)18-11-5-4-10-17(18)15-24(22)14-16-8-2-1-3-9-16/h1-13H,14-15H2. The molecule has 0 unspecified atom stereocenters. The molecule has 1 amide bonds. The number of pyridine rings is 1. The second-order valence-electron chi connectivity index (χ2n) is 6.54. The van der Waals surface area contributed by atoms with Gasteiger partial charge in [-0.2, -0.15) is 0 Å². The maximum absolute atomic E-state index is 13.3. The van der Waals surface area contributed by atoms with Gasteiger partial charge < -0.3 is 4.90 Å². The lowest BCUT2D eigenvalue weighted by Gasteiger charge is -2.21. The molecular weight excluding hydrogens is 322 g/mol. The highest BCUT2D eigenvalue weighted by atomic mass is 16.2. The molecule has 0 atom stereocenters. The summed E-state index contributed by atoms with van der Waals surface area (Å²) >= 11 is 0. The maximum Gasteiger partial charge on any atom is 0.275 e. The number of carbonyl (C=O) groups is 1. The quantitative estimate of drug-likeness (QED) is 0.550. The van der Waals surface area contributed by atoms with Crippen molar-refractivity contribution in [3.05, 3.63) is 95.8 Å². The third-order valence-electron chi connectivity index (χ3n) is 4.87. The minimum Gasteiger partial charge on any atom is -0.329 e. The van der Waals surface area contributed by atoms with Gasteiger partial charge in [0.2, 0.25) is 0 Å². The number of benzene rings is 2. The van der Waals surface area contributed by atoms with Crippen LogP contribution in [-0.2, 0) is 13.1 Å². The lowest BCUT2D eigenvalue weighted by atomic mass is 10.0. The summed E-state index contributed by atoms with van der Waals surface area (Å²) in [7, 11) is 0. The molecular formula is C22H17N3O. The number of imidazole rings is 1. The van der Waals surface area contributed by atoms with E-state index in [0.29, 0.717) is 18.8 Å². The molecule has 4 aromatic rings. The van der Waals surface area contributed by atoms with Crippen LogP contribution in [-0.4, -0.2) is 20.2 Å². The Kier molecular flexibility index (Phi) is 3.35. The normalized spacial score (nSPS) is 13.4. The van der Waals surface area contributed by atoms with E-state index >= 15 is 0 Å². The first-order valence-electron chi connectivity index (χ1n) is 8.70. The van der Waals surface area contributed by atoms with Gasteiger partial charge in [0.05, 0.1) is 5.69 Å². The van der Waals surface area contributed by atoms with E-state index in [4.69, 9.17) is 0 Å². The van der Waals surface area contributed by atoms with Crippen LogP contribution < -0.4 is 0 Å². The molecule has 0 radical (unpaired) electrons. The highest BCUT2D eigenvalue weighted by Gasteiger charge is 2.30. The molecule has 0 spiro atoms. The lowest BCUT2D eigenvalue weighted by Crippen LogP contribution is -2.29. The molecule has 126 valence electrons. The first kappa shape index (κ1) is 14.9. The number of rotatable bonds is 2. The number of hydrogen-bond donors (Lipinski definition) is 0. The van der Waals surface area contributed by atoms with Crippen LogP contribution >= 0.6 is 0 Å². The van der Waals surface area contributed by atoms with Crippen molar-refractivity contribution >= 4 is 11.6 Å². The Hall–Kier alpha value is -3.40. The summed E-state index contributed by atoms with van der Waals surface area (Å²) in [6.07, 6.45) is 1.97.